The molecule has 1 fully saturated rings. The minimum atomic E-state index is -0.788. The van der Waals surface area contributed by atoms with Gasteiger partial charge in [-0.25, -0.2) is 0 Å². The number of carboxylic acid groups (broad SMARTS) is 1. The molecular weight excluding hydrogens is 218 g/mol. The third kappa shape index (κ3) is 5.04. The second-order valence-electron chi connectivity index (χ2n) is 5.54. The molecule has 0 aliphatic heterocycles. The Morgan fingerprint density at radius 2 is 2.00 bits per heavy atom. The molecule has 3 atom stereocenters. The zero-order chi connectivity index (χ0) is 12.8. The fraction of sp³-hybridized carbons (Fsp3) is 0.923. The van der Waals surface area contributed by atoms with Crippen LogP contribution in [-0.2, 0) is 4.79 Å². The third-order valence-electron chi connectivity index (χ3n) is 3.50. The summed E-state index contributed by atoms with van der Waals surface area (Å²) in [6.45, 7) is 4.66. The minimum Gasteiger partial charge on any atom is -0.480 e. The molecule has 0 heterocycles. The lowest BCUT2D eigenvalue weighted by atomic mass is 9.86. The monoisotopic (exact) mass is 243 g/mol. The molecule has 0 aromatic rings. The molecule has 4 heteroatoms. The van der Waals surface area contributed by atoms with Gasteiger partial charge in [0, 0.05) is 6.54 Å². The Hall–Kier alpha value is -0.610. The van der Waals surface area contributed by atoms with Gasteiger partial charge in [0.2, 0.25) is 0 Å². The number of nitrogens with one attached hydrogen (secondary N) is 1. The van der Waals surface area contributed by atoms with E-state index in [2.05, 4.69) is 5.32 Å². The first kappa shape index (κ1) is 14.5. The van der Waals surface area contributed by atoms with Crippen molar-refractivity contribution in [3.05, 3.63) is 0 Å². The fourth-order valence-electron chi connectivity index (χ4n) is 2.46. The highest BCUT2D eigenvalue weighted by atomic mass is 16.4. The van der Waals surface area contributed by atoms with Crippen LogP contribution in [-0.4, -0.2) is 34.9 Å². The van der Waals surface area contributed by atoms with Crippen molar-refractivity contribution in [2.75, 3.05) is 6.54 Å². The highest BCUT2D eigenvalue weighted by Crippen LogP contribution is 2.23. The topological polar surface area (TPSA) is 69.6 Å². The van der Waals surface area contributed by atoms with Crippen molar-refractivity contribution < 1.29 is 15.0 Å². The number of aliphatic hydroxyl groups excluding tert-OH is 1. The number of carboxylic acids is 1. The van der Waals surface area contributed by atoms with E-state index >= 15 is 0 Å². The molecule has 0 bridgehead atoms. The van der Waals surface area contributed by atoms with E-state index in [0.29, 0.717) is 18.9 Å². The Labute approximate surface area is 103 Å². The minimum absolute atomic E-state index is 0.220. The molecule has 1 aliphatic carbocycles. The van der Waals surface area contributed by atoms with E-state index in [1.807, 2.05) is 13.8 Å². The standard InChI is InChI=1S/C13H25NO3/c1-9(2)7-11(13(16)17)14-8-10-5-3-4-6-12(10)15/h9-12,14-15H,3-8H2,1-2H3,(H,16,17). The predicted octanol–water partition coefficient (Wildman–Crippen LogP) is 1.63. The predicted molar refractivity (Wildman–Crippen MR) is 66.8 cm³/mol. The van der Waals surface area contributed by atoms with Crippen LogP contribution in [0.2, 0.25) is 0 Å². The van der Waals surface area contributed by atoms with Gasteiger partial charge >= 0.3 is 5.97 Å². The van der Waals surface area contributed by atoms with Gasteiger partial charge in [-0.1, -0.05) is 26.7 Å². The smallest absolute Gasteiger partial charge is 0.320 e. The van der Waals surface area contributed by atoms with Crippen LogP contribution in [0.3, 0.4) is 0 Å². The number of hydrogen-bond donors (Lipinski definition) is 3. The average Bonchev–Trinajstić information content (AvgIpc) is 2.25. The Bertz CT molecular complexity index is 243. The van der Waals surface area contributed by atoms with Crippen molar-refractivity contribution in [1.29, 1.82) is 0 Å². The number of hydrogen-bond acceptors (Lipinski definition) is 3. The molecule has 1 saturated carbocycles. The van der Waals surface area contributed by atoms with Crippen LogP contribution in [0.25, 0.3) is 0 Å². The number of carbonyl (C=O) groups is 1. The molecule has 1 aliphatic rings. The molecule has 0 saturated heterocycles. The zero-order valence-electron chi connectivity index (χ0n) is 10.9. The van der Waals surface area contributed by atoms with Crippen LogP contribution in [0.4, 0.5) is 0 Å². The summed E-state index contributed by atoms with van der Waals surface area (Å²) in [6, 6.07) is -0.482. The van der Waals surface area contributed by atoms with Crippen molar-refractivity contribution in [3.8, 4) is 0 Å². The van der Waals surface area contributed by atoms with Crippen LogP contribution in [0.15, 0.2) is 0 Å². The lowest BCUT2D eigenvalue weighted by molar-refractivity contribution is -0.140. The van der Waals surface area contributed by atoms with Gasteiger partial charge in [0.25, 0.3) is 0 Å². The molecule has 3 N–H and O–H groups in total. The molecule has 100 valence electrons. The first-order valence-electron chi connectivity index (χ1n) is 6.65. The maximum absolute atomic E-state index is 11.1. The Morgan fingerprint density at radius 3 is 2.53 bits per heavy atom. The summed E-state index contributed by atoms with van der Waals surface area (Å²) in [6.07, 6.45) is 4.47. The molecule has 4 nitrogen and oxygen atoms in total. The molecule has 0 spiro atoms. The van der Waals surface area contributed by atoms with Gasteiger partial charge in [0.05, 0.1) is 6.10 Å². The normalized spacial score (nSPS) is 27.1. The quantitative estimate of drug-likeness (QED) is 0.663. The molecular formula is C13H25NO3. The van der Waals surface area contributed by atoms with Gasteiger partial charge in [-0.2, -0.15) is 0 Å². The van der Waals surface area contributed by atoms with Crippen LogP contribution >= 0.6 is 0 Å². The molecule has 3 unspecified atom stereocenters. The van der Waals surface area contributed by atoms with Crippen LogP contribution in [0.5, 0.6) is 0 Å². The second kappa shape index (κ2) is 6.97. The van der Waals surface area contributed by atoms with Gasteiger partial charge in [-0.05, 0) is 31.1 Å². The highest BCUT2D eigenvalue weighted by Gasteiger charge is 2.25. The summed E-state index contributed by atoms with van der Waals surface area (Å²) in [5.74, 6) is -0.207. The summed E-state index contributed by atoms with van der Waals surface area (Å²) in [4.78, 5) is 11.1. The largest absolute Gasteiger partial charge is 0.480 e. The van der Waals surface area contributed by atoms with E-state index in [9.17, 15) is 9.90 Å². The Balaban J connectivity index is 2.37. The van der Waals surface area contributed by atoms with Gasteiger partial charge in [-0.3, -0.25) is 4.79 Å². The molecule has 17 heavy (non-hydrogen) atoms. The maximum Gasteiger partial charge on any atom is 0.320 e. The molecule has 0 amide bonds. The summed E-state index contributed by atoms with van der Waals surface area (Å²) in [5, 5.41) is 22.0. The summed E-state index contributed by atoms with van der Waals surface area (Å²) >= 11 is 0. The van der Waals surface area contributed by atoms with Crippen LogP contribution in [0, 0.1) is 11.8 Å². The van der Waals surface area contributed by atoms with Crippen molar-refractivity contribution >= 4 is 5.97 Å². The molecule has 1 rings (SSSR count). The average molecular weight is 243 g/mol. The zero-order valence-corrected chi connectivity index (χ0v) is 10.9. The second-order valence-corrected chi connectivity index (χ2v) is 5.54. The van der Waals surface area contributed by atoms with Crippen molar-refractivity contribution in [2.24, 2.45) is 11.8 Å². The number of aliphatic hydroxyl groups is 1. The van der Waals surface area contributed by atoms with Gasteiger partial charge < -0.3 is 15.5 Å². The van der Waals surface area contributed by atoms with Crippen molar-refractivity contribution in [1.82, 2.24) is 5.32 Å². The lowest BCUT2D eigenvalue weighted by Gasteiger charge is -2.29. The van der Waals surface area contributed by atoms with E-state index in [1.54, 1.807) is 0 Å². The van der Waals surface area contributed by atoms with Gasteiger partial charge in [0.15, 0.2) is 0 Å². The summed E-state index contributed by atoms with van der Waals surface area (Å²) in [7, 11) is 0. The molecule has 0 aromatic heterocycles. The van der Waals surface area contributed by atoms with Gasteiger partial charge in [-0.15, -0.1) is 0 Å². The van der Waals surface area contributed by atoms with E-state index < -0.39 is 12.0 Å². The van der Waals surface area contributed by atoms with Crippen LogP contribution < -0.4 is 5.32 Å². The SMILES string of the molecule is CC(C)CC(NCC1CCCCC1O)C(=O)O. The molecule has 0 radical (unpaired) electrons. The first-order valence-corrected chi connectivity index (χ1v) is 6.65. The fourth-order valence-corrected chi connectivity index (χ4v) is 2.46. The van der Waals surface area contributed by atoms with E-state index in [4.69, 9.17) is 5.11 Å². The third-order valence-corrected chi connectivity index (χ3v) is 3.50. The lowest BCUT2D eigenvalue weighted by Crippen LogP contribution is -2.43. The highest BCUT2D eigenvalue weighted by molar-refractivity contribution is 5.73. The maximum atomic E-state index is 11.1. The number of rotatable bonds is 6. The first-order chi connectivity index (χ1) is 8.00. The van der Waals surface area contributed by atoms with E-state index in [-0.39, 0.29) is 12.0 Å². The Morgan fingerprint density at radius 1 is 1.35 bits per heavy atom. The van der Waals surface area contributed by atoms with Crippen molar-refractivity contribution in [3.63, 3.8) is 0 Å². The Kier molecular flexibility index (Phi) is 5.92. The van der Waals surface area contributed by atoms with Crippen molar-refractivity contribution in [2.45, 2.75) is 58.1 Å². The summed E-state index contributed by atoms with van der Waals surface area (Å²) in [5.41, 5.74) is 0. The summed E-state index contributed by atoms with van der Waals surface area (Å²) < 4.78 is 0. The molecule has 0 aromatic carbocycles. The van der Waals surface area contributed by atoms with Crippen LogP contribution in [0.1, 0.15) is 46.0 Å². The van der Waals surface area contributed by atoms with E-state index in [1.165, 1.54) is 0 Å². The number of aliphatic carboxylic acids is 1. The van der Waals surface area contributed by atoms with Gasteiger partial charge in [0.1, 0.15) is 6.04 Å². The van der Waals surface area contributed by atoms with E-state index in [0.717, 1.165) is 25.7 Å².